The summed E-state index contributed by atoms with van der Waals surface area (Å²) in [5.41, 5.74) is 1.62. The molecule has 2 N–H and O–H groups in total. The van der Waals surface area contributed by atoms with E-state index in [1.54, 1.807) is 0 Å². The fourth-order valence-electron chi connectivity index (χ4n) is 1.86. The van der Waals surface area contributed by atoms with Crippen molar-refractivity contribution < 1.29 is 9.53 Å². The van der Waals surface area contributed by atoms with Crippen LogP contribution < -0.4 is 15.4 Å². The van der Waals surface area contributed by atoms with Gasteiger partial charge in [-0.3, -0.25) is 4.79 Å². The van der Waals surface area contributed by atoms with E-state index in [4.69, 9.17) is 4.74 Å². The molecule has 2 rings (SSSR count). The lowest BCUT2D eigenvalue weighted by molar-refractivity contribution is 0.0988. The minimum atomic E-state index is 0.104. The summed E-state index contributed by atoms with van der Waals surface area (Å²) < 4.78 is 5.68. The van der Waals surface area contributed by atoms with Gasteiger partial charge in [0.2, 0.25) is 0 Å². The Morgan fingerprint density at radius 3 is 3.06 bits per heavy atom. The number of carbonyl (C=O) groups excluding carboxylic acids is 1. The summed E-state index contributed by atoms with van der Waals surface area (Å²) in [4.78, 5) is 12.0. The Morgan fingerprint density at radius 2 is 2.33 bits per heavy atom. The predicted octanol–water partition coefficient (Wildman–Crippen LogP) is 2.06. The number of ketones is 1. The van der Waals surface area contributed by atoms with Crippen molar-refractivity contribution in [3.8, 4) is 5.75 Å². The summed E-state index contributed by atoms with van der Waals surface area (Å²) in [6.45, 7) is 7.21. The molecule has 0 aliphatic carbocycles. The maximum absolute atomic E-state index is 12.0. The molecule has 1 aromatic rings. The maximum atomic E-state index is 12.0. The van der Waals surface area contributed by atoms with Gasteiger partial charge in [0, 0.05) is 11.6 Å². The second-order valence-corrected chi connectivity index (χ2v) is 4.98. The van der Waals surface area contributed by atoms with Gasteiger partial charge in [-0.25, -0.2) is 0 Å². The zero-order valence-corrected chi connectivity index (χ0v) is 11.1. The monoisotopic (exact) mass is 248 g/mol. The molecule has 0 aromatic heterocycles. The molecule has 1 unspecified atom stereocenters. The Hall–Kier alpha value is -1.55. The van der Waals surface area contributed by atoms with Gasteiger partial charge in [-0.2, -0.15) is 0 Å². The van der Waals surface area contributed by atoms with Crippen LogP contribution in [0, 0.1) is 0 Å². The van der Waals surface area contributed by atoms with Gasteiger partial charge in [-0.05, 0) is 25.1 Å². The molecule has 1 atom stereocenters. The number of rotatable bonds is 4. The quantitative estimate of drug-likeness (QED) is 0.801. The van der Waals surface area contributed by atoms with Crippen LogP contribution in [-0.2, 0) is 0 Å². The molecule has 4 heteroatoms. The van der Waals surface area contributed by atoms with E-state index in [1.807, 2.05) is 39.0 Å². The van der Waals surface area contributed by atoms with Gasteiger partial charge in [-0.1, -0.05) is 13.8 Å². The van der Waals surface area contributed by atoms with Gasteiger partial charge in [0.15, 0.2) is 5.78 Å². The molecule has 0 saturated heterocycles. The van der Waals surface area contributed by atoms with Crippen LogP contribution in [0.2, 0.25) is 0 Å². The number of Topliss-reactive ketones (excluding diaryl/α,β-unsaturated/α-hetero) is 1. The Balaban J connectivity index is 2.09. The van der Waals surface area contributed by atoms with Gasteiger partial charge < -0.3 is 15.4 Å². The highest BCUT2D eigenvalue weighted by atomic mass is 16.5. The average Bonchev–Trinajstić information content (AvgIpc) is 2.35. The summed E-state index contributed by atoms with van der Waals surface area (Å²) in [6.07, 6.45) is 0.168. The number of hydrogen-bond acceptors (Lipinski definition) is 4. The fourth-order valence-corrected chi connectivity index (χ4v) is 1.86. The van der Waals surface area contributed by atoms with Crippen molar-refractivity contribution >= 4 is 11.5 Å². The van der Waals surface area contributed by atoms with Crippen LogP contribution in [0.15, 0.2) is 18.2 Å². The second kappa shape index (κ2) is 5.40. The highest BCUT2D eigenvalue weighted by Gasteiger charge is 2.17. The number of ether oxygens (including phenoxy) is 1. The summed E-state index contributed by atoms with van der Waals surface area (Å²) in [6, 6.07) is 5.86. The summed E-state index contributed by atoms with van der Waals surface area (Å²) in [7, 11) is 0. The SMILES string of the molecule is CC(C)NCC(=O)c1ccc2c(c1)NCC(C)O2. The molecule has 0 saturated carbocycles. The van der Waals surface area contributed by atoms with Crippen LogP contribution in [0.4, 0.5) is 5.69 Å². The summed E-state index contributed by atoms with van der Waals surface area (Å²) in [5.74, 6) is 0.925. The molecular weight excluding hydrogens is 228 g/mol. The standard InChI is InChI=1S/C14H20N2O2/c1-9(2)15-8-13(17)11-4-5-14-12(6-11)16-7-10(3)18-14/h4-6,9-10,15-16H,7-8H2,1-3H3. The predicted molar refractivity (Wildman–Crippen MR) is 72.5 cm³/mol. The number of hydrogen-bond donors (Lipinski definition) is 2. The normalized spacial score (nSPS) is 17.9. The molecule has 1 aliphatic heterocycles. The third kappa shape index (κ3) is 3.01. The zero-order chi connectivity index (χ0) is 13.1. The largest absolute Gasteiger partial charge is 0.487 e. The van der Waals surface area contributed by atoms with Crippen LogP contribution in [0.25, 0.3) is 0 Å². The molecule has 0 amide bonds. The minimum Gasteiger partial charge on any atom is -0.487 e. The lowest BCUT2D eigenvalue weighted by Gasteiger charge is -2.25. The number of benzene rings is 1. The van der Waals surface area contributed by atoms with Crippen molar-refractivity contribution in [3.05, 3.63) is 23.8 Å². The highest BCUT2D eigenvalue weighted by molar-refractivity contribution is 5.98. The maximum Gasteiger partial charge on any atom is 0.176 e. The molecule has 1 aromatic carbocycles. The molecule has 18 heavy (non-hydrogen) atoms. The number of anilines is 1. The van der Waals surface area contributed by atoms with Crippen LogP contribution >= 0.6 is 0 Å². The lowest BCUT2D eigenvalue weighted by Crippen LogP contribution is -2.30. The number of fused-ring (bicyclic) bond motifs is 1. The van der Waals surface area contributed by atoms with Gasteiger partial charge in [0.05, 0.1) is 18.8 Å². The highest BCUT2D eigenvalue weighted by Crippen LogP contribution is 2.29. The van der Waals surface area contributed by atoms with Crippen LogP contribution in [0.5, 0.6) is 5.75 Å². The minimum absolute atomic E-state index is 0.104. The fraction of sp³-hybridized carbons (Fsp3) is 0.500. The molecule has 0 spiro atoms. The van der Waals surface area contributed by atoms with Gasteiger partial charge in [0.25, 0.3) is 0 Å². The van der Waals surface area contributed by atoms with E-state index >= 15 is 0 Å². The van der Waals surface area contributed by atoms with E-state index in [0.29, 0.717) is 18.2 Å². The smallest absolute Gasteiger partial charge is 0.176 e. The molecule has 0 fully saturated rings. The van der Waals surface area contributed by atoms with E-state index in [9.17, 15) is 4.79 Å². The van der Waals surface area contributed by atoms with Crippen molar-refractivity contribution in [2.45, 2.75) is 32.9 Å². The Labute approximate surface area is 108 Å². The van der Waals surface area contributed by atoms with Crippen molar-refractivity contribution in [2.75, 3.05) is 18.4 Å². The van der Waals surface area contributed by atoms with E-state index in [-0.39, 0.29) is 11.9 Å². The Bertz CT molecular complexity index is 443. The van der Waals surface area contributed by atoms with Crippen LogP contribution in [0.1, 0.15) is 31.1 Å². The van der Waals surface area contributed by atoms with Crippen molar-refractivity contribution in [1.82, 2.24) is 5.32 Å². The van der Waals surface area contributed by atoms with E-state index in [2.05, 4.69) is 10.6 Å². The van der Waals surface area contributed by atoms with E-state index < -0.39 is 0 Å². The van der Waals surface area contributed by atoms with Gasteiger partial charge in [-0.15, -0.1) is 0 Å². The topological polar surface area (TPSA) is 50.4 Å². The molecular formula is C14H20N2O2. The van der Waals surface area contributed by atoms with Crippen molar-refractivity contribution in [1.29, 1.82) is 0 Å². The third-order valence-corrected chi connectivity index (χ3v) is 2.88. The van der Waals surface area contributed by atoms with Crippen molar-refractivity contribution in [3.63, 3.8) is 0 Å². The van der Waals surface area contributed by atoms with Gasteiger partial charge in [0.1, 0.15) is 11.9 Å². The first-order valence-corrected chi connectivity index (χ1v) is 6.37. The van der Waals surface area contributed by atoms with Crippen LogP contribution in [0.3, 0.4) is 0 Å². The molecule has 1 aliphatic rings. The summed E-state index contributed by atoms with van der Waals surface area (Å²) >= 11 is 0. The summed E-state index contributed by atoms with van der Waals surface area (Å²) in [5, 5.41) is 6.40. The van der Waals surface area contributed by atoms with Gasteiger partial charge >= 0.3 is 0 Å². The number of carbonyl (C=O) groups is 1. The first kappa shape index (κ1) is 12.9. The first-order valence-electron chi connectivity index (χ1n) is 6.37. The van der Waals surface area contributed by atoms with E-state index in [0.717, 1.165) is 18.0 Å². The first-order chi connectivity index (χ1) is 8.56. The third-order valence-electron chi connectivity index (χ3n) is 2.88. The van der Waals surface area contributed by atoms with Crippen LogP contribution in [-0.4, -0.2) is 31.0 Å². The molecule has 0 bridgehead atoms. The lowest BCUT2D eigenvalue weighted by atomic mass is 10.1. The molecule has 4 nitrogen and oxygen atoms in total. The zero-order valence-electron chi connectivity index (χ0n) is 11.1. The Kier molecular flexibility index (Phi) is 3.87. The number of nitrogens with one attached hydrogen (secondary N) is 2. The molecule has 1 heterocycles. The molecule has 0 radical (unpaired) electrons. The average molecular weight is 248 g/mol. The second-order valence-electron chi connectivity index (χ2n) is 4.98. The molecule has 98 valence electrons. The van der Waals surface area contributed by atoms with E-state index in [1.165, 1.54) is 0 Å². The van der Waals surface area contributed by atoms with Crippen molar-refractivity contribution in [2.24, 2.45) is 0 Å². The Morgan fingerprint density at radius 1 is 1.56 bits per heavy atom.